The van der Waals surface area contributed by atoms with Gasteiger partial charge in [0, 0.05) is 18.0 Å². The lowest BCUT2D eigenvalue weighted by atomic mass is 10.2. The fraction of sp³-hybridized carbons (Fsp3) is 0.0714. The van der Waals surface area contributed by atoms with Gasteiger partial charge in [-0.25, -0.2) is 0 Å². The van der Waals surface area contributed by atoms with Crippen molar-refractivity contribution in [1.82, 2.24) is 0 Å². The van der Waals surface area contributed by atoms with Crippen LogP contribution in [0, 0.1) is 0 Å². The molecular weight excluding hydrogens is 247 g/mol. The standard InChI is InChI=1S/C14H13O3P/c1-17-18(16,13-10-6-3-7-11-13)14(15)12-8-4-2-5-9-12/h2-11H,1H3. The third-order valence-electron chi connectivity index (χ3n) is 2.64. The molecule has 4 heteroatoms. The van der Waals surface area contributed by atoms with Crippen LogP contribution in [0.3, 0.4) is 0 Å². The van der Waals surface area contributed by atoms with E-state index in [1.165, 1.54) is 7.11 Å². The molecule has 0 N–H and O–H groups in total. The Morgan fingerprint density at radius 1 is 0.944 bits per heavy atom. The van der Waals surface area contributed by atoms with Crippen molar-refractivity contribution in [3.63, 3.8) is 0 Å². The Kier molecular flexibility index (Phi) is 3.75. The molecule has 1 unspecified atom stereocenters. The van der Waals surface area contributed by atoms with Crippen molar-refractivity contribution in [3.8, 4) is 0 Å². The molecule has 2 aromatic rings. The van der Waals surface area contributed by atoms with Crippen LogP contribution in [0.5, 0.6) is 0 Å². The number of carbonyl (C=O) groups excluding carboxylic acids is 1. The van der Waals surface area contributed by atoms with Crippen molar-refractivity contribution in [2.24, 2.45) is 0 Å². The smallest absolute Gasteiger partial charge is 0.300 e. The van der Waals surface area contributed by atoms with Gasteiger partial charge >= 0.3 is 7.37 Å². The number of carbonyl (C=O) groups is 1. The first-order valence-corrected chi connectivity index (χ1v) is 7.12. The molecule has 3 nitrogen and oxygen atoms in total. The number of hydrogen-bond donors (Lipinski definition) is 0. The second-order valence-electron chi connectivity index (χ2n) is 3.74. The predicted molar refractivity (Wildman–Crippen MR) is 71.5 cm³/mol. The van der Waals surface area contributed by atoms with Crippen molar-refractivity contribution in [3.05, 3.63) is 66.2 Å². The Labute approximate surface area is 106 Å². The first kappa shape index (κ1) is 12.7. The van der Waals surface area contributed by atoms with Gasteiger partial charge in [-0.1, -0.05) is 48.5 Å². The summed E-state index contributed by atoms with van der Waals surface area (Å²) in [7, 11) is -2.20. The highest BCUT2D eigenvalue weighted by Crippen LogP contribution is 2.47. The Morgan fingerprint density at radius 2 is 1.44 bits per heavy atom. The zero-order chi connectivity index (χ0) is 13.0. The number of rotatable bonds is 4. The molecule has 0 spiro atoms. The van der Waals surface area contributed by atoms with Crippen molar-refractivity contribution in [1.29, 1.82) is 0 Å². The molecule has 1 atom stereocenters. The second kappa shape index (κ2) is 5.30. The maximum absolute atomic E-state index is 12.7. The molecule has 0 saturated carbocycles. The molecule has 18 heavy (non-hydrogen) atoms. The molecular formula is C14H13O3P. The summed E-state index contributed by atoms with van der Waals surface area (Å²) in [5.74, 6) is 0. The van der Waals surface area contributed by atoms with Gasteiger partial charge in [-0.05, 0) is 12.1 Å². The molecule has 0 aliphatic heterocycles. The van der Waals surface area contributed by atoms with Crippen molar-refractivity contribution in [2.75, 3.05) is 7.11 Å². The minimum Gasteiger partial charge on any atom is -0.323 e. The summed E-state index contributed by atoms with van der Waals surface area (Å²) in [5, 5.41) is 0.418. The molecule has 0 aromatic heterocycles. The van der Waals surface area contributed by atoms with Crippen LogP contribution in [0.2, 0.25) is 0 Å². The number of hydrogen-bond acceptors (Lipinski definition) is 3. The molecule has 0 radical (unpaired) electrons. The third-order valence-corrected chi connectivity index (χ3v) is 4.93. The molecule has 92 valence electrons. The Balaban J connectivity index is 2.47. The van der Waals surface area contributed by atoms with E-state index in [2.05, 4.69) is 0 Å². The number of benzene rings is 2. The van der Waals surface area contributed by atoms with E-state index in [4.69, 9.17) is 4.52 Å². The van der Waals surface area contributed by atoms with Crippen molar-refractivity contribution >= 4 is 18.2 Å². The van der Waals surface area contributed by atoms with Crippen LogP contribution in [-0.2, 0) is 9.09 Å². The quantitative estimate of drug-likeness (QED) is 0.793. The van der Waals surface area contributed by atoms with Crippen LogP contribution >= 0.6 is 7.37 Å². The molecule has 2 rings (SSSR count). The summed E-state index contributed by atoms with van der Waals surface area (Å²) in [6.45, 7) is 0. The third kappa shape index (κ3) is 2.28. The van der Waals surface area contributed by atoms with E-state index in [9.17, 15) is 9.36 Å². The minimum atomic E-state index is -3.50. The van der Waals surface area contributed by atoms with Crippen molar-refractivity contribution < 1.29 is 13.9 Å². The van der Waals surface area contributed by atoms with E-state index in [0.717, 1.165) is 0 Å². The zero-order valence-electron chi connectivity index (χ0n) is 9.95. The van der Waals surface area contributed by atoms with Gasteiger partial charge in [-0.3, -0.25) is 9.36 Å². The normalized spacial score (nSPS) is 13.8. The second-order valence-corrected chi connectivity index (χ2v) is 6.13. The maximum atomic E-state index is 12.7. The van der Waals surface area contributed by atoms with E-state index in [-0.39, 0.29) is 0 Å². The van der Waals surface area contributed by atoms with E-state index in [1.54, 1.807) is 60.7 Å². The molecule has 0 saturated heterocycles. The average molecular weight is 260 g/mol. The van der Waals surface area contributed by atoms with Crippen LogP contribution in [0.4, 0.5) is 0 Å². The van der Waals surface area contributed by atoms with Gasteiger partial charge < -0.3 is 4.52 Å². The van der Waals surface area contributed by atoms with Crippen molar-refractivity contribution in [2.45, 2.75) is 0 Å². The van der Waals surface area contributed by atoms with Crippen LogP contribution in [0.25, 0.3) is 0 Å². The first-order valence-electron chi connectivity index (χ1n) is 5.50. The summed E-state index contributed by atoms with van der Waals surface area (Å²) < 4.78 is 17.8. The SMILES string of the molecule is COP(=O)(C(=O)c1ccccc1)c1ccccc1. The summed E-state index contributed by atoms with van der Waals surface area (Å²) in [6.07, 6.45) is 0. The highest BCUT2D eigenvalue weighted by atomic mass is 31.2. The largest absolute Gasteiger partial charge is 0.323 e. The molecule has 2 aromatic carbocycles. The molecule has 0 fully saturated rings. The highest BCUT2D eigenvalue weighted by Gasteiger charge is 2.34. The van der Waals surface area contributed by atoms with E-state index in [1.807, 2.05) is 0 Å². The van der Waals surface area contributed by atoms with Gasteiger partial charge in [0.25, 0.3) is 5.52 Å². The molecule has 0 amide bonds. The van der Waals surface area contributed by atoms with Gasteiger partial charge in [0.05, 0.1) is 0 Å². The zero-order valence-corrected chi connectivity index (χ0v) is 10.8. The maximum Gasteiger partial charge on any atom is 0.300 e. The summed E-state index contributed by atoms with van der Waals surface area (Å²) in [6, 6.07) is 17.1. The van der Waals surface area contributed by atoms with Gasteiger partial charge in [0.15, 0.2) is 0 Å². The lowest BCUT2D eigenvalue weighted by Gasteiger charge is -2.14. The Hall–Kier alpha value is -1.70. The van der Waals surface area contributed by atoms with Crippen LogP contribution < -0.4 is 5.30 Å². The fourth-order valence-corrected chi connectivity index (χ4v) is 3.35. The Morgan fingerprint density at radius 3 is 1.94 bits per heavy atom. The minimum absolute atomic E-state index is 0.395. The molecule has 0 bridgehead atoms. The summed E-state index contributed by atoms with van der Waals surface area (Å²) in [5.41, 5.74) is -0.0802. The highest BCUT2D eigenvalue weighted by molar-refractivity contribution is 7.83. The molecule has 0 heterocycles. The van der Waals surface area contributed by atoms with Crippen LogP contribution in [0.15, 0.2) is 60.7 Å². The Bertz CT molecular complexity index is 579. The lowest BCUT2D eigenvalue weighted by Crippen LogP contribution is -2.14. The summed E-state index contributed by atoms with van der Waals surface area (Å²) >= 11 is 0. The first-order chi connectivity index (χ1) is 8.68. The van der Waals surface area contributed by atoms with Crippen LogP contribution in [0.1, 0.15) is 10.4 Å². The van der Waals surface area contributed by atoms with E-state index in [0.29, 0.717) is 10.9 Å². The summed E-state index contributed by atoms with van der Waals surface area (Å²) in [4.78, 5) is 12.3. The topological polar surface area (TPSA) is 43.4 Å². The average Bonchev–Trinajstić information content (AvgIpc) is 2.47. The van der Waals surface area contributed by atoms with Gasteiger partial charge in [-0.15, -0.1) is 0 Å². The van der Waals surface area contributed by atoms with E-state index < -0.39 is 12.9 Å². The fourth-order valence-electron chi connectivity index (χ4n) is 1.68. The lowest BCUT2D eigenvalue weighted by molar-refractivity contribution is 0.106. The van der Waals surface area contributed by atoms with Gasteiger partial charge in [-0.2, -0.15) is 0 Å². The van der Waals surface area contributed by atoms with Crippen LogP contribution in [-0.4, -0.2) is 12.6 Å². The van der Waals surface area contributed by atoms with Gasteiger partial charge in [0.2, 0.25) is 0 Å². The van der Waals surface area contributed by atoms with E-state index >= 15 is 0 Å². The monoisotopic (exact) mass is 260 g/mol. The predicted octanol–water partition coefficient (Wildman–Crippen LogP) is 3.08. The molecule has 0 aliphatic carbocycles. The van der Waals surface area contributed by atoms with Gasteiger partial charge in [0.1, 0.15) is 0 Å². The molecule has 0 aliphatic rings.